The van der Waals surface area contributed by atoms with Crippen molar-refractivity contribution in [2.45, 2.75) is 53.6 Å². The van der Waals surface area contributed by atoms with E-state index in [1.807, 2.05) is 34.6 Å². The smallest absolute Gasteiger partial charge is 0.309 e. The molecule has 0 spiro atoms. The molecule has 0 aromatic carbocycles. The molecule has 0 bridgehead atoms. The first-order valence-corrected chi connectivity index (χ1v) is 5.47. The number of hydrogen-bond donors (Lipinski definition) is 1. The Morgan fingerprint density at radius 2 is 1.73 bits per heavy atom. The average Bonchev–Trinajstić information content (AvgIpc) is 2.00. The van der Waals surface area contributed by atoms with Crippen molar-refractivity contribution in [3.05, 3.63) is 0 Å². The van der Waals surface area contributed by atoms with Crippen LogP contribution < -0.4 is 0 Å². The van der Waals surface area contributed by atoms with Crippen LogP contribution in [0.1, 0.15) is 48.0 Å². The van der Waals surface area contributed by atoms with E-state index in [4.69, 9.17) is 4.74 Å². The molecule has 0 saturated heterocycles. The molecule has 0 saturated carbocycles. The van der Waals surface area contributed by atoms with Crippen molar-refractivity contribution >= 4 is 5.97 Å². The first-order valence-electron chi connectivity index (χ1n) is 5.47. The lowest BCUT2D eigenvalue weighted by Gasteiger charge is -2.30. The molecule has 0 aromatic heterocycles. The van der Waals surface area contributed by atoms with Gasteiger partial charge >= 0.3 is 5.97 Å². The molecule has 3 heteroatoms. The zero-order valence-electron chi connectivity index (χ0n) is 10.8. The molecule has 0 rings (SSSR count). The molecule has 0 radical (unpaired) electrons. The van der Waals surface area contributed by atoms with Gasteiger partial charge in [0.2, 0.25) is 0 Å². The number of carbonyl (C=O) groups is 1. The summed E-state index contributed by atoms with van der Waals surface area (Å²) < 4.78 is 5.56. The minimum absolute atomic E-state index is 0.110. The molecule has 0 fully saturated rings. The summed E-state index contributed by atoms with van der Waals surface area (Å²) in [5, 5.41) is 9.18. The van der Waals surface area contributed by atoms with Crippen molar-refractivity contribution < 1.29 is 14.6 Å². The van der Waals surface area contributed by atoms with Gasteiger partial charge in [0.25, 0.3) is 0 Å². The summed E-state index contributed by atoms with van der Waals surface area (Å²) in [5.74, 6) is -0.631. The first kappa shape index (κ1) is 14.4. The van der Waals surface area contributed by atoms with E-state index in [1.54, 1.807) is 6.92 Å². The lowest BCUT2D eigenvalue weighted by atomic mass is 9.76. The van der Waals surface area contributed by atoms with E-state index in [0.717, 1.165) is 0 Å². The van der Waals surface area contributed by atoms with E-state index in [1.165, 1.54) is 0 Å². The van der Waals surface area contributed by atoms with Crippen LogP contribution in [-0.4, -0.2) is 23.3 Å². The second kappa shape index (κ2) is 4.97. The highest BCUT2D eigenvalue weighted by atomic mass is 16.5. The normalized spacial score (nSPS) is 16.5. The van der Waals surface area contributed by atoms with Crippen molar-refractivity contribution in [3.8, 4) is 0 Å². The fourth-order valence-electron chi connectivity index (χ4n) is 1.21. The van der Waals surface area contributed by atoms with Crippen LogP contribution in [0.25, 0.3) is 0 Å². The largest absolute Gasteiger partial charge is 0.481 e. The predicted molar refractivity (Wildman–Crippen MR) is 60.9 cm³/mol. The number of aliphatic carboxylic acids is 1. The molecule has 0 aliphatic rings. The van der Waals surface area contributed by atoms with E-state index in [2.05, 4.69) is 0 Å². The maximum Gasteiger partial charge on any atom is 0.309 e. The molecule has 15 heavy (non-hydrogen) atoms. The van der Waals surface area contributed by atoms with Crippen LogP contribution in [0.3, 0.4) is 0 Å². The van der Waals surface area contributed by atoms with Crippen molar-refractivity contribution in [1.29, 1.82) is 0 Å². The summed E-state index contributed by atoms with van der Waals surface area (Å²) in [6, 6.07) is 0. The van der Waals surface area contributed by atoms with Gasteiger partial charge < -0.3 is 9.84 Å². The van der Waals surface area contributed by atoms with E-state index < -0.39 is 11.4 Å². The van der Waals surface area contributed by atoms with Crippen molar-refractivity contribution in [3.63, 3.8) is 0 Å². The van der Waals surface area contributed by atoms with Crippen LogP contribution in [0, 0.1) is 11.3 Å². The number of hydrogen-bond acceptors (Lipinski definition) is 2. The van der Waals surface area contributed by atoms with Gasteiger partial charge in [-0.3, -0.25) is 4.79 Å². The maximum absolute atomic E-state index is 11.2. The zero-order chi connectivity index (χ0) is 12.3. The predicted octanol–water partition coefficient (Wildman–Crippen LogP) is 2.94. The third kappa shape index (κ3) is 4.65. The van der Waals surface area contributed by atoms with Gasteiger partial charge in [-0.2, -0.15) is 0 Å². The van der Waals surface area contributed by atoms with E-state index in [-0.39, 0.29) is 11.5 Å². The van der Waals surface area contributed by atoms with Crippen molar-refractivity contribution in [1.82, 2.24) is 0 Å². The van der Waals surface area contributed by atoms with Crippen LogP contribution in [0.15, 0.2) is 0 Å². The summed E-state index contributed by atoms with van der Waals surface area (Å²) in [5.41, 5.74) is -0.887. The molecule has 1 unspecified atom stereocenters. The molecule has 90 valence electrons. The first-order chi connectivity index (χ1) is 6.59. The summed E-state index contributed by atoms with van der Waals surface area (Å²) >= 11 is 0. The maximum atomic E-state index is 11.2. The molecule has 0 aliphatic heterocycles. The molecular weight excluding hydrogens is 192 g/mol. The number of rotatable bonds is 5. The van der Waals surface area contributed by atoms with Gasteiger partial charge in [0.15, 0.2) is 0 Å². The molecule has 0 aliphatic carbocycles. The Labute approximate surface area is 92.8 Å². The molecule has 0 amide bonds. The van der Waals surface area contributed by atoms with Crippen LogP contribution in [0.2, 0.25) is 0 Å². The van der Waals surface area contributed by atoms with Gasteiger partial charge in [-0.05, 0) is 40.0 Å². The van der Waals surface area contributed by atoms with Gasteiger partial charge in [0.05, 0.1) is 11.0 Å². The highest BCUT2D eigenvalue weighted by molar-refractivity contribution is 5.74. The summed E-state index contributed by atoms with van der Waals surface area (Å²) in [6.45, 7) is 12.1. The van der Waals surface area contributed by atoms with Crippen molar-refractivity contribution in [2.75, 3.05) is 6.61 Å². The monoisotopic (exact) mass is 216 g/mol. The Morgan fingerprint density at radius 3 is 2.00 bits per heavy atom. The van der Waals surface area contributed by atoms with Crippen LogP contribution in [-0.2, 0) is 9.53 Å². The molecule has 0 aromatic rings. The van der Waals surface area contributed by atoms with E-state index in [9.17, 15) is 9.90 Å². The third-order valence-electron chi connectivity index (χ3n) is 2.92. The van der Waals surface area contributed by atoms with Crippen LogP contribution >= 0.6 is 0 Å². The van der Waals surface area contributed by atoms with Crippen LogP contribution in [0.4, 0.5) is 0 Å². The molecular formula is C12H24O3. The summed E-state index contributed by atoms with van der Waals surface area (Å²) in [4.78, 5) is 11.2. The Bertz CT molecular complexity index is 215. The molecule has 0 heterocycles. The van der Waals surface area contributed by atoms with Gasteiger partial charge in [0, 0.05) is 6.61 Å². The second-order valence-electron chi connectivity index (χ2n) is 5.59. The SMILES string of the molecule is CC(C)C(C)(CCOC(C)(C)C)C(=O)O. The van der Waals surface area contributed by atoms with Gasteiger partial charge in [-0.25, -0.2) is 0 Å². The van der Waals surface area contributed by atoms with Gasteiger partial charge in [-0.15, -0.1) is 0 Å². The summed E-state index contributed by atoms with van der Waals surface area (Å²) in [6.07, 6.45) is 0.553. The molecule has 1 N–H and O–H groups in total. The highest BCUT2D eigenvalue weighted by Crippen LogP contribution is 2.31. The fraction of sp³-hybridized carbons (Fsp3) is 0.917. The second-order valence-corrected chi connectivity index (χ2v) is 5.59. The lowest BCUT2D eigenvalue weighted by Crippen LogP contribution is -2.35. The number of ether oxygens (including phenoxy) is 1. The van der Waals surface area contributed by atoms with Crippen molar-refractivity contribution in [2.24, 2.45) is 11.3 Å². The Balaban J connectivity index is 4.28. The standard InChI is InChI=1S/C12H24O3/c1-9(2)12(6,10(13)14)7-8-15-11(3,4)5/h9H,7-8H2,1-6H3,(H,13,14). The fourth-order valence-corrected chi connectivity index (χ4v) is 1.21. The average molecular weight is 216 g/mol. The Morgan fingerprint density at radius 1 is 1.27 bits per heavy atom. The molecule has 3 nitrogen and oxygen atoms in total. The number of carboxylic acids is 1. The number of carboxylic acid groups (broad SMARTS) is 1. The lowest BCUT2D eigenvalue weighted by molar-refractivity contribution is -0.153. The van der Waals surface area contributed by atoms with Gasteiger partial charge in [0.1, 0.15) is 0 Å². The Hall–Kier alpha value is -0.570. The van der Waals surface area contributed by atoms with Crippen LogP contribution in [0.5, 0.6) is 0 Å². The zero-order valence-corrected chi connectivity index (χ0v) is 10.8. The highest BCUT2D eigenvalue weighted by Gasteiger charge is 2.36. The Kier molecular flexibility index (Phi) is 4.78. The van der Waals surface area contributed by atoms with E-state index in [0.29, 0.717) is 13.0 Å². The minimum atomic E-state index is -0.741. The quantitative estimate of drug-likeness (QED) is 0.768. The summed E-state index contributed by atoms with van der Waals surface area (Å²) in [7, 11) is 0. The van der Waals surface area contributed by atoms with E-state index >= 15 is 0 Å². The minimum Gasteiger partial charge on any atom is -0.481 e. The third-order valence-corrected chi connectivity index (χ3v) is 2.92. The topological polar surface area (TPSA) is 46.5 Å². The molecule has 1 atom stereocenters. The van der Waals surface area contributed by atoms with Gasteiger partial charge in [-0.1, -0.05) is 13.8 Å².